The fourth-order valence-corrected chi connectivity index (χ4v) is 2.03. The quantitative estimate of drug-likeness (QED) is 0.780. The van der Waals surface area contributed by atoms with E-state index in [0.717, 1.165) is 25.0 Å². The fraction of sp³-hybridized carbons (Fsp3) is 0.636. The van der Waals surface area contributed by atoms with Crippen LogP contribution < -0.4 is 10.9 Å². The van der Waals surface area contributed by atoms with E-state index in [9.17, 15) is 4.79 Å². The van der Waals surface area contributed by atoms with Crippen LogP contribution >= 0.6 is 0 Å². The fourth-order valence-electron chi connectivity index (χ4n) is 2.03. The van der Waals surface area contributed by atoms with E-state index < -0.39 is 0 Å². The maximum absolute atomic E-state index is 11.5. The lowest BCUT2D eigenvalue weighted by atomic mass is 9.79. The topological polar surface area (TPSA) is 67.0 Å². The summed E-state index contributed by atoms with van der Waals surface area (Å²) in [5.41, 5.74) is 0.284. The zero-order chi connectivity index (χ0) is 11.6. The number of ether oxygens (including phenoxy) is 1. The maximum Gasteiger partial charge on any atom is 0.251 e. The van der Waals surface area contributed by atoms with Gasteiger partial charge in [0.05, 0.1) is 5.69 Å². The SMILES string of the molecule is CNCc1cc(=O)[nH]c(C2(OC)CCC2)n1. The molecule has 2 N–H and O–H groups in total. The summed E-state index contributed by atoms with van der Waals surface area (Å²) >= 11 is 0. The molecule has 1 fully saturated rings. The Kier molecular flexibility index (Phi) is 3.07. The molecule has 1 aromatic heterocycles. The Hall–Kier alpha value is -1.20. The number of hydrogen-bond acceptors (Lipinski definition) is 4. The Morgan fingerprint density at radius 1 is 1.62 bits per heavy atom. The Morgan fingerprint density at radius 2 is 2.38 bits per heavy atom. The molecule has 5 heteroatoms. The van der Waals surface area contributed by atoms with Gasteiger partial charge in [-0.3, -0.25) is 4.79 Å². The minimum absolute atomic E-state index is 0.112. The molecule has 2 rings (SSSR count). The molecule has 0 atom stereocenters. The van der Waals surface area contributed by atoms with Crippen LogP contribution in [0.1, 0.15) is 30.8 Å². The molecule has 1 heterocycles. The molecule has 0 aromatic carbocycles. The molecule has 0 radical (unpaired) electrons. The summed E-state index contributed by atoms with van der Waals surface area (Å²) in [6.07, 6.45) is 2.97. The minimum atomic E-state index is -0.358. The highest BCUT2D eigenvalue weighted by atomic mass is 16.5. The number of nitrogens with zero attached hydrogens (tertiary/aromatic N) is 1. The average Bonchev–Trinajstić information content (AvgIpc) is 2.16. The van der Waals surface area contributed by atoms with Gasteiger partial charge in [0.15, 0.2) is 0 Å². The van der Waals surface area contributed by atoms with Crippen LogP contribution in [0.25, 0.3) is 0 Å². The van der Waals surface area contributed by atoms with Crippen LogP contribution in [0, 0.1) is 0 Å². The molecule has 0 saturated heterocycles. The first kappa shape index (κ1) is 11.3. The average molecular weight is 223 g/mol. The van der Waals surface area contributed by atoms with E-state index in [4.69, 9.17) is 4.74 Å². The van der Waals surface area contributed by atoms with Gasteiger partial charge in [-0.2, -0.15) is 0 Å². The highest BCUT2D eigenvalue weighted by molar-refractivity contribution is 5.12. The lowest BCUT2D eigenvalue weighted by Crippen LogP contribution is -2.39. The lowest BCUT2D eigenvalue weighted by molar-refractivity contribution is -0.0849. The lowest BCUT2D eigenvalue weighted by Gasteiger charge is -2.39. The molecule has 1 aliphatic rings. The summed E-state index contributed by atoms with van der Waals surface area (Å²) in [5.74, 6) is 0.666. The van der Waals surface area contributed by atoms with E-state index in [1.807, 2.05) is 7.05 Å². The molecule has 88 valence electrons. The Bertz CT molecular complexity index is 418. The first-order valence-corrected chi connectivity index (χ1v) is 5.51. The Labute approximate surface area is 94.2 Å². The normalized spacial score (nSPS) is 18.1. The second kappa shape index (κ2) is 4.35. The second-order valence-electron chi connectivity index (χ2n) is 4.17. The van der Waals surface area contributed by atoms with Gasteiger partial charge >= 0.3 is 0 Å². The van der Waals surface area contributed by atoms with Crippen molar-refractivity contribution in [3.8, 4) is 0 Å². The standard InChI is InChI=1S/C11H17N3O2/c1-12-7-8-6-9(15)14-10(13-8)11(16-2)4-3-5-11/h6,12H,3-5,7H2,1-2H3,(H,13,14,15). The number of aromatic amines is 1. The first-order chi connectivity index (χ1) is 7.70. The summed E-state index contributed by atoms with van der Waals surface area (Å²) in [5, 5.41) is 2.99. The number of H-pyrrole nitrogens is 1. The van der Waals surface area contributed by atoms with Crippen molar-refractivity contribution in [1.29, 1.82) is 0 Å². The van der Waals surface area contributed by atoms with Crippen LogP contribution in [0.4, 0.5) is 0 Å². The minimum Gasteiger partial charge on any atom is -0.370 e. The van der Waals surface area contributed by atoms with E-state index in [0.29, 0.717) is 12.4 Å². The summed E-state index contributed by atoms with van der Waals surface area (Å²) in [6, 6.07) is 1.52. The smallest absolute Gasteiger partial charge is 0.251 e. The molecule has 16 heavy (non-hydrogen) atoms. The summed E-state index contributed by atoms with van der Waals surface area (Å²) in [6.45, 7) is 0.594. The van der Waals surface area contributed by atoms with Gasteiger partial charge in [-0.05, 0) is 26.3 Å². The summed E-state index contributed by atoms with van der Waals surface area (Å²) in [7, 11) is 3.50. The van der Waals surface area contributed by atoms with Crippen molar-refractivity contribution in [2.24, 2.45) is 0 Å². The van der Waals surface area contributed by atoms with Crippen molar-refractivity contribution in [3.05, 3.63) is 27.9 Å². The van der Waals surface area contributed by atoms with Gasteiger partial charge in [0, 0.05) is 19.7 Å². The Balaban J connectivity index is 2.36. The third-order valence-corrected chi connectivity index (χ3v) is 3.14. The Morgan fingerprint density at radius 3 is 2.88 bits per heavy atom. The monoisotopic (exact) mass is 223 g/mol. The van der Waals surface area contributed by atoms with Gasteiger partial charge in [-0.1, -0.05) is 0 Å². The van der Waals surface area contributed by atoms with Crippen molar-refractivity contribution in [2.45, 2.75) is 31.4 Å². The summed E-state index contributed by atoms with van der Waals surface area (Å²) in [4.78, 5) is 18.7. The number of aromatic nitrogens is 2. The zero-order valence-electron chi connectivity index (χ0n) is 9.67. The van der Waals surface area contributed by atoms with Crippen LogP contribution in [0.3, 0.4) is 0 Å². The van der Waals surface area contributed by atoms with Gasteiger partial charge in [-0.15, -0.1) is 0 Å². The zero-order valence-corrected chi connectivity index (χ0v) is 9.67. The van der Waals surface area contributed by atoms with E-state index >= 15 is 0 Å². The van der Waals surface area contributed by atoms with Gasteiger partial charge in [0.25, 0.3) is 5.56 Å². The predicted molar refractivity (Wildman–Crippen MR) is 60.2 cm³/mol. The molecular formula is C11H17N3O2. The number of methoxy groups -OCH3 is 1. The van der Waals surface area contributed by atoms with Crippen LogP contribution in [0.2, 0.25) is 0 Å². The third-order valence-electron chi connectivity index (χ3n) is 3.14. The molecule has 0 amide bonds. The highest BCUT2D eigenvalue weighted by Gasteiger charge is 2.41. The number of rotatable bonds is 4. The maximum atomic E-state index is 11.5. The van der Waals surface area contributed by atoms with Crippen molar-refractivity contribution < 1.29 is 4.74 Å². The highest BCUT2D eigenvalue weighted by Crippen LogP contribution is 2.42. The van der Waals surface area contributed by atoms with Crippen LogP contribution in [0.5, 0.6) is 0 Å². The van der Waals surface area contributed by atoms with Gasteiger partial charge < -0.3 is 15.0 Å². The van der Waals surface area contributed by atoms with E-state index in [1.165, 1.54) is 6.07 Å². The van der Waals surface area contributed by atoms with Gasteiger partial charge in [0.1, 0.15) is 11.4 Å². The molecule has 0 spiro atoms. The van der Waals surface area contributed by atoms with Crippen LogP contribution in [0.15, 0.2) is 10.9 Å². The molecule has 5 nitrogen and oxygen atoms in total. The van der Waals surface area contributed by atoms with Crippen molar-refractivity contribution in [3.63, 3.8) is 0 Å². The number of hydrogen-bond donors (Lipinski definition) is 2. The predicted octanol–water partition coefficient (Wildman–Crippen LogP) is 0.515. The van der Waals surface area contributed by atoms with Crippen molar-refractivity contribution in [2.75, 3.05) is 14.2 Å². The molecule has 1 aliphatic carbocycles. The van der Waals surface area contributed by atoms with E-state index in [1.54, 1.807) is 7.11 Å². The number of nitrogens with one attached hydrogen (secondary N) is 2. The molecule has 1 saturated carbocycles. The van der Waals surface area contributed by atoms with Crippen molar-refractivity contribution in [1.82, 2.24) is 15.3 Å². The molecular weight excluding hydrogens is 206 g/mol. The molecule has 0 aliphatic heterocycles. The summed E-state index contributed by atoms with van der Waals surface area (Å²) < 4.78 is 5.49. The van der Waals surface area contributed by atoms with E-state index in [2.05, 4.69) is 15.3 Å². The van der Waals surface area contributed by atoms with Crippen LogP contribution in [-0.2, 0) is 16.9 Å². The van der Waals surface area contributed by atoms with Crippen molar-refractivity contribution >= 4 is 0 Å². The van der Waals surface area contributed by atoms with Gasteiger partial charge in [-0.25, -0.2) is 4.98 Å². The third kappa shape index (κ3) is 1.88. The van der Waals surface area contributed by atoms with E-state index in [-0.39, 0.29) is 11.2 Å². The molecule has 1 aromatic rings. The van der Waals surface area contributed by atoms with Crippen LogP contribution in [-0.4, -0.2) is 24.1 Å². The first-order valence-electron chi connectivity index (χ1n) is 5.51. The molecule has 0 bridgehead atoms. The van der Waals surface area contributed by atoms with Gasteiger partial charge in [0.2, 0.25) is 0 Å². The molecule has 0 unspecified atom stereocenters. The largest absolute Gasteiger partial charge is 0.370 e. The second-order valence-corrected chi connectivity index (χ2v) is 4.17.